The highest BCUT2D eigenvalue weighted by Crippen LogP contribution is 2.05. The van der Waals surface area contributed by atoms with Crippen molar-refractivity contribution in [2.75, 3.05) is 19.8 Å². The molecule has 2 aromatic heterocycles. The van der Waals surface area contributed by atoms with Crippen LogP contribution in [0.5, 0.6) is 0 Å². The van der Waals surface area contributed by atoms with Crippen molar-refractivity contribution in [1.82, 2.24) is 19.6 Å². The van der Waals surface area contributed by atoms with Crippen molar-refractivity contribution in [1.29, 1.82) is 0 Å². The molecule has 0 unspecified atom stereocenters. The van der Waals surface area contributed by atoms with Crippen LogP contribution in [-0.2, 0) is 0 Å². The lowest BCUT2D eigenvalue weighted by molar-refractivity contribution is 0.0223. The molecule has 2 aromatic rings. The Labute approximate surface area is 104 Å². The maximum Gasteiger partial charge on any atom is 0.312 e. The predicted octanol–water partition coefficient (Wildman–Crippen LogP) is 0.273. The second-order valence-electron chi connectivity index (χ2n) is 4.33. The van der Waals surface area contributed by atoms with Crippen LogP contribution in [0, 0.1) is 0 Å². The fourth-order valence-corrected chi connectivity index (χ4v) is 2.08. The monoisotopic (exact) mass is 246 g/mol. The minimum Gasteiger partial charge on any atom is -0.393 e. The van der Waals surface area contributed by atoms with Crippen LogP contribution < -0.4 is 10.4 Å². The zero-order valence-corrected chi connectivity index (χ0v) is 9.95. The number of hydrogen-bond acceptors (Lipinski definition) is 5. The lowest BCUT2D eigenvalue weighted by Gasteiger charge is -2.15. The van der Waals surface area contributed by atoms with Crippen molar-refractivity contribution in [2.45, 2.75) is 12.8 Å². The summed E-state index contributed by atoms with van der Waals surface area (Å²) in [6, 6.07) is 3.51. The molecule has 18 heavy (non-hydrogen) atoms. The van der Waals surface area contributed by atoms with Gasteiger partial charge in [0.05, 0.1) is 5.52 Å². The van der Waals surface area contributed by atoms with Crippen LogP contribution in [0.1, 0.15) is 12.8 Å². The Balaban J connectivity index is 1.83. The van der Waals surface area contributed by atoms with Gasteiger partial charge in [-0.3, -0.25) is 9.69 Å². The number of hydrogen-bond donors (Lipinski definition) is 0. The van der Waals surface area contributed by atoms with Gasteiger partial charge in [0.1, 0.15) is 6.33 Å². The molecule has 0 bridgehead atoms. The second kappa shape index (κ2) is 4.73. The fourth-order valence-electron chi connectivity index (χ4n) is 2.08. The molecule has 1 aliphatic heterocycles. The molecule has 1 saturated heterocycles. The number of aromatic nitrogens is 3. The van der Waals surface area contributed by atoms with E-state index in [9.17, 15) is 4.79 Å². The lowest BCUT2D eigenvalue weighted by atomic mass is 10.4. The zero-order chi connectivity index (χ0) is 12.4. The number of fused-ring (bicyclic) bond motifs is 1. The van der Waals surface area contributed by atoms with Crippen LogP contribution in [0.15, 0.2) is 29.5 Å². The molecule has 0 N–H and O–H groups in total. The Morgan fingerprint density at radius 1 is 1.28 bits per heavy atom. The van der Waals surface area contributed by atoms with E-state index in [1.165, 1.54) is 19.2 Å². The van der Waals surface area contributed by atoms with Gasteiger partial charge in [0.2, 0.25) is 0 Å². The van der Waals surface area contributed by atoms with Gasteiger partial charge in [-0.25, -0.2) is 9.97 Å². The van der Waals surface area contributed by atoms with Crippen molar-refractivity contribution in [2.24, 2.45) is 0 Å². The smallest absolute Gasteiger partial charge is 0.312 e. The van der Waals surface area contributed by atoms with Crippen LogP contribution in [0.2, 0.25) is 0 Å². The van der Waals surface area contributed by atoms with Gasteiger partial charge >= 0.3 is 5.56 Å². The SMILES string of the molecule is O=c1c2ncccc2ncn1OCN1CCCC1. The highest BCUT2D eigenvalue weighted by molar-refractivity contribution is 5.71. The third kappa shape index (κ3) is 2.06. The lowest BCUT2D eigenvalue weighted by Crippen LogP contribution is -2.35. The number of nitrogens with zero attached hydrogens (tertiary/aromatic N) is 4. The first-order valence-corrected chi connectivity index (χ1v) is 6.02. The summed E-state index contributed by atoms with van der Waals surface area (Å²) in [5.74, 6) is 0. The van der Waals surface area contributed by atoms with Gasteiger partial charge in [-0.05, 0) is 25.0 Å². The van der Waals surface area contributed by atoms with E-state index in [1.807, 2.05) is 0 Å². The first kappa shape index (κ1) is 11.2. The Kier molecular flexibility index (Phi) is 2.93. The molecule has 0 atom stereocenters. The standard InChI is InChI=1S/C12H14N4O2/c17-12-11-10(4-3-5-13-11)14-8-16(12)18-9-15-6-1-2-7-15/h3-5,8H,1-2,6-7,9H2. The molecule has 3 heterocycles. The molecular weight excluding hydrogens is 232 g/mol. The summed E-state index contributed by atoms with van der Waals surface area (Å²) in [6.07, 6.45) is 5.37. The topological polar surface area (TPSA) is 60.3 Å². The minimum atomic E-state index is -0.264. The second-order valence-corrected chi connectivity index (χ2v) is 4.33. The van der Waals surface area contributed by atoms with E-state index < -0.39 is 0 Å². The van der Waals surface area contributed by atoms with E-state index in [-0.39, 0.29) is 5.56 Å². The summed E-state index contributed by atoms with van der Waals surface area (Å²) in [6.45, 7) is 2.46. The fraction of sp³-hybridized carbons (Fsp3) is 0.417. The van der Waals surface area contributed by atoms with Crippen molar-refractivity contribution in [3.05, 3.63) is 35.0 Å². The van der Waals surface area contributed by atoms with E-state index >= 15 is 0 Å². The molecule has 6 nitrogen and oxygen atoms in total. The molecule has 0 saturated carbocycles. The van der Waals surface area contributed by atoms with Crippen molar-refractivity contribution < 1.29 is 4.84 Å². The average Bonchev–Trinajstić information content (AvgIpc) is 2.91. The summed E-state index contributed by atoms with van der Waals surface area (Å²) in [7, 11) is 0. The van der Waals surface area contributed by atoms with Gasteiger partial charge in [0.15, 0.2) is 12.2 Å². The minimum absolute atomic E-state index is 0.264. The molecule has 3 rings (SSSR count). The third-order valence-corrected chi connectivity index (χ3v) is 3.07. The van der Waals surface area contributed by atoms with Crippen molar-refractivity contribution in [3.8, 4) is 0 Å². The van der Waals surface area contributed by atoms with Crippen LogP contribution >= 0.6 is 0 Å². The molecule has 0 spiro atoms. The van der Waals surface area contributed by atoms with Gasteiger partial charge in [-0.1, -0.05) is 0 Å². The van der Waals surface area contributed by atoms with Gasteiger partial charge in [0.25, 0.3) is 0 Å². The summed E-state index contributed by atoms with van der Waals surface area (Å²) >= 11 is 0. The first-order valence-electron chi connectivity index (χ1n) is 6.02. The molecular formula is C12H14N4O2. The normalized spacial score (nSPS) is 16.2. The first-order chi connectivity index (χ1) is 8.84. The molecule has 94 valence electrons. The predicted molar refractivity (Wildman–Crippen MR) is 66.1 cm³/mol. The maximum atomic E-state index is 12.1. The van der Waals surface area contributed by atoms with Crippen molar-refractivity contribution in [3.63, 3.8) is 0 Å². The molecule has 1 aliphatic rings. The van der Waals surface area contributed by atoms with Gasteiger partial charge in [-0.2, -0.15) is 0 Å². The molecule has 6 heteroatoms. The van der Waals surface area contributed by atoms with Crippen LogP contribution in [-0.4, -0.2) is 39.4 Å². The highest BCUT2D eigenvalue weighted by Gasteiger charge is 2.12. The maximum absolute atomic E-state index is 12.1. The Morgan fingerprint density at radius 2 is 2.11 bits per heavy atom. The van der Waals surface area contributed by atoms with Crippen LogP contribution in [0.4, 0.5) is 0 Å². The third-order valence-electron chi connectivity index (χ3n) is 3.07. The Morgan fingerprint density at radius 3 is 2.94 bits per heavy atom. The summed E-state index contributed by atoms with van der Waals surface area (Å²) in [5.41, 5.74) is 0.657. The van der Waals surface area contributed by atoms with E-state index in [1.54, 1.807) is 18.3 Å². The number of pyridine rings is 1. The largest absolute Gasteiger partial charge is 0.393 e. The highest BCUT2D eigenvalue weighted by atomic mass is 16.7. The van der Waals surface area contributed by atoms with E-state index in [0.29, 0.717) is 17.8 Å². The van der Waals surface area contributed by atoms with Gasteiger partial charge < -0.3 is 4.84 Å². The Bertz CT molecular complexity index is 604. The number of likely N-dealkylation sites (tertiary alicyclic amines) is 1. The van der Waals surface area contributed by atoms with Crippen molar-refractivity contribution >= 4 is 11.0 Å². The van der Waals surface area contributed by atoms with Crippen LogP contribution in [0.25, 0.3) is 11.0 Å². The molecule has 0 aromatic carbocycles. The summed E-state index contributed by atoms with van der Waals surface area (Å²) in [5, 5.41) is 0. The van der Waals surface area contributed by atoms with Gasteiger partial charge in [0, 0.05) is 19.3 Å². The van der Waals surface area contributed by atoms with E-state index in [4.69, 9.17) is 4.84 Å². The van der Waals surface area contributed by atoms with Gasteiger partial charge in [-0.15, -0.1) is 4.73 Å². The average molecular weight is 246 g/mol. The summed E-state index contributed by atoms with van der Waals surface area (Å²) < 4.78 is 1.16. The summed E-state index contributed by atoms with van der Waals surface area (Å²) in [4.78, 5) is 27.8. The van der Waals surface area contributed by atoms with E-state index in [0.717, 1.165) is 17.8 Å². The molecule has 0 amide bonds. The van der Waals surface area contributed by atoms with Crippen LogP contribution in [0.3, 0.4) is 0 Å². The molecule has 0 radical (unpaired) electrons. The zero-order valence-electron chi connectivity index (χ0n) is 9.95. The van der Waals surface area contributed by atoms with E-state index in [2.05, 4.69) is 14.9 Å². The number of rotatable bonds is 3. The Hall–Kier alpha value is -1.95. The molecule has 1 fully saturated rings. The quantitative estimate of drug-likeness (QED) is 0.778. The molecule has 0 aliphatic carbocycles.